The molecule has 0 fully saturated rings. The van der Waals surface area contributed by atoms with E-state index < -0.39 is 5.54 Å². The Morgan fingerprint density at radius 2 is 1.80 bits per heavy atom. The Kier molecular flexibility index (Phi) is 4.23. The van der Waals surface area contributed by atoms with Gasteiger partial charge in [0.2, 0.25) is 0 Å². The topological polar surface area (TPSA) is 29.1 Å². The lowest BCUT2D eigenvalue weighted by Gasteiger charge is -2.27. The average molecular weight is 336 g/mol. The molecule has 0 aliphatic rings. The van der Waals surface area contributed by atoms with Crippen LogP contribution in [0.25, 0.3) is 0 Å². The van der Waals surface area contributed by atoms with E-state index in [0.717, 1.165) is 10.0 Å². The Hall–Kier alpha value is -1.68. The first-order valence-electron chi connectivity index (χ1n) is 6.22. The summed E-state index contributed by atoms with van der Waals surface area (Å²) >= 11 is 3.34. The molecule has 0 bridgehead atoms. The van der Waals surface area contributed by atoms with E-state index in [9.17, 15) is 9.18 Å². The lowest BCUT2D eigenvalue weighted by atomic mass is 9.94. The molecule has 1 amide bonds. The summed E-state index contributed by atoms with van der Waals surface area (Å²) in [7, 11) is 0. The van der Waals surface area contributed by atoms with Crippen LogP contribution < -0.4 is 5.32 Å². The van der Waals surface area contributed by atoms with Crippen LogP contribution in [-0.2, 0) is 5.54 Å². The van der Waals surface area contributed by atoms with Crippen molar-refractivity contribution >= 4 is 21.8 Å². The fraction of sp³-hybridized carbons (Fsp3) is 0.188. The molecule has 104 valence electrons. The molecule has 0 radical (unpaired) electrons. The molecule has 2 aromatic rings. The number of carbonyl (C=O) groups is 1. The van der Waals surface area contributed by atoms with Crippen LogP contribution in [0.15, 0.2) is 53.0 Å². The lowest BCUT2D eigenvalue weighted by Crippen LogP contribution is -2.41. The quantitative estimate of drug-likeness (QED) is 0.892. The number of hydrogen-bond acceptors (Lipinski definition) is 1. The van der Waals surface area contributed by atoms with Gasteiger partial charge in [-0.05, 0) is 49.7 Å². The maximum Gasteiger partial charge on any atom is 0.251 e. The molecule has 4 heteroatoms. The van der Waals surface area contributed by atoms with Crippen molar-refractivity contribution in [3.05, 3.63) is 69.9 Å². The van der Waals surface area contributed by atoms with Gasteiger partial charge in [-0.3, -0.25) is 4.79 Å². The van der Waals surface area contributed by atoms with Gasteiger partial charge in [0, 0.05) is 10.0 Å². The second-order valence-corrected chi connectivity index (χ2v) is 6.01. The molecule has 0 aliphatic carbocycles. The molecule has 2 aromatic carbocycles. The summed E-state index contributed by atoms with van der Waals surface area (Å²) in [6, 6.07) is 13.3. The fourth-order valence-corrected chi connectivity index (χ4v) is 2.32. The average Bonchev–Trinajstić information content (AvgIpc) is 2.38. The third-order valence-electron chi connectivity index (χ3n) is 3.08. The van der Waals surface area contributed by atoms with Crippen molar-refractivity contribution in [3.8, 4) is 0 Å². The predicted octanol–water partition coefficient (Wildman–Crippen LogP) is 4.25. The van der Waals surface area contributed by atoms with Crippen molar-refractivity contribution in [1.29, 1.82) is 0 Å². The van der Waals surface area contributed by atoms with Gasteiger partial charge >= 0.3 is 0 Å². The molecule has 0 unspecified atom stereocenters. The number of rotatable bonds is 3. The van der Waals surface area contributed by atoms with Crippen LogP contribution in [0.3, 0.4) is 0 Å². The summed E-state index contributed by atoms with van der Waals surface area (Å²) in [5, 5.41) is 2.95. The molecule has 2 rings (SSSR count). The highest BCUT2D eigenvalue weighted by Gasteiger charge is 2.23. The monoisotopic (exact) mass is 335 g/mol. The maximum absolute atomic E-state index is 13.0. The number of halogens is 2. The van der Waals surface area contributed by atoms with Crippen molar-refractivity contribution in [2.45, 2.75) is 19.4 Å². The van der Waals surface area contributed by atoms with Gasteiger partial charge in [0.15, 0.2) is 0 Å². The van der Waals surface area contributed by atoms with Crippen LogP contribution in [0.4, 0.5) is 4.39 Å². The van der Waals surface area contributed by atoms with Crippen LogP contribution in [0.5, 0.6) is 0 Å². The lowest BCUT2D eigenvalue weighted by molar-refractivity contribution is 0.0912. The largest absolute Gasteiger partial charge is 0.343 e. The Balaban J connectivity index is 2.19. The van der Waals surface area contributed by atoms with Crippen molar-refractivity contribution in [2.24, 2.45) is 0 Å². The van der Waals surface area contributed by atoms with Gasteiger partial charge in [-0.2, -0.15) is 0 Å². The van der Waals surface area contributed by atoms with E-state index in [1.165, 1.54) is 12.1 Å². The summed E-state index contributed by atoms with van der Waals surface area (Å²) in [5.41, 5.74) is 0.851. The SMILES string of the molecule is CC(C)(NC(=O)c1cccc(Br)c1)c1ccc(F)cc1. The molecule has 0 atom stereocenters. The highest BCUT2D eigenvalue weighted by atomic mass is 79.9. The van der Waals surface area contributed by atoms with Crippen LogP contribution in [0, 0.1) is 5.82 Å². The fourth-order valence-electron chi connectivity index (χ4n) is 1.92. The number of carbonyl (C=O) groups excluding carboxylic acids is 1. The Bertz CT molecular complexity index is 623. The first kappa shape index (κ1) is 14.7. The maximum atomic E-state index is 13.0. The Labute approximate surface area is 126 Å². The highest BCUT2D eigenvalue weighted by molar-refractivity contribution is 9.10. The zero-order valence-electron chi connectivity index (χ0n) is 11.3. The predicted molar refractivity (Wildman–Crippen MR) is 81.0 cm³/mol. The van der Waals surface area contributed by atoms with Crippen molar-refractivity contribution in [2.75, 3.05) is 0 Å². The minimum atomic E-state index is -0.576. The minimum absolute atomic E-state index is 0.166. The first-order chi connectivity index (χ1) is 9.38. The van der Waals surface area contributed by atoms with Gasteiger partial charge in [0.05, 0.1) is 5.54 Å². The van der Waals surface area contributed by atoms with Gasteiger partial charge in [0.1, 0.15) is 5.82 Å². The second kappa shape index (κ2) is 5.75. The van der Waals surface area contributed by atoms with Gasteiger partial charge in [-0.15, -0.1) is 0 Å². The van der Waals surface area contributed by atoms with E-state index in [-0.39, 0.29) is 11.7 Å². The van der Waals surface area contributed by atoms with Crippen LogP contribution in [0.1, 0.15) is 29.8 Å². The molecule has 20 heavy (non-hydrogen) atoms. The highest BCUT2D eigenvalue weighted by Crippen LogP contribution is 2.21. The standard InChI is InChI=1S/C16H15BrFNO/c1-16(2,12-6-8-14(18)9-7-12)19-15(20)11-4-3-5-13(17)10-11/h3-10H,1-2H3,(H,19,20). The summed E-state index contributed by atoms with van der Waals surface area (Å²) in [4.78, 5) is 12.2. The van der Waals surface area contributed by atoms with E-state index in [4.69, 9.17) is 0 Å². The molecule has 0 heterocycles. The van der Waals surface area contributed by atoms with Crippen LogP contribution in [0.2, 0.25) is 0 Å². The zero-order chi connectivity index (χ0) is 14.8. The summed E-state index contributed by atoms with van der Waals surface area (Å²) in [6.45, 7) is 3.77. The van der Waals surface area contributed by atoms with E-state index in [0.29, 0.717) is 5.56 Å². The molecular weight excluding hydrogens is 321 g/mol. The first-order valence-corrected chi connectivity index (χ1v) is 7.02. The van der Waals surface area contributed by atoms with Crippen molar-refractivity contribution in [1.82, 2.24) is 5.32 Å². The minimum Gasteiger partial charge on any atom is -0.343 e. The smallest absolute Gasteiger partial charge is 0.251 e. The third kappa shape index (κ3) is 3.45. The van der Waals surface area contributed by atoms with Gasteiger partial charge in [-0.1, -0.05) is 34.1 Å². The molecule has 2 nitrogen and oxygen atoms in total. The van der Waals surface area contributed by atoms with Crippen molar-refractivity contribution in [3.63, 3.8) is 0 Å². The molecular formula is C16H15BrFNO. The van der Waals surface area contributed by atoms with E-state index >= 15 is 0 Å². The summed E-state index contributed by atoms with van der Waals surface area (Å²) in [6.07, 6.45) is 0. The molecule has 0 saturated carbocycles. The molecule has 0 saturated heterocycles. The Morgan fingerprint density at radius 3 is 2.40 bits per heavy atom. The molecule has 1 N–H and O–H groups in total. The number of nitrogens with one attached hydrogen (secondary N) is 1. The second-order valence-electron chi connectivity index (χ2n) is 5.10. The van der Waals surface area contributed by atoms with E-state index in [1.54, 1.807) is 24.3 Å². The molecule has 0 spiro atoms. The van der Waals surface area contributed by atoms with Crippen LogP contribution >= 0.6 is 15.9 Å². The zero-order valence-corrected chi connectivity index (χ0v) is 12.9. The van der Waals surface area contributed by atoms with Gasteiger partial charge in [0.25, 0.3) is 5.91 Å². The molecule has 0 aromatic heterocycles. The summed E-state index contributed by atoms with van der Waals surface area (Å²) < 4.78 is 13.8. The molecule has 0 aliphatic heterocycles. The number of amides is 1. The van der Waals surface area contributed by atoms with E-state index in [2.05, 4.69) is 21.2 Å². The van der Waals surface area contributed by atoms with Crippen LogP contribution in [-0.4, -0.2) is 5.91 Å². The van der Waals surface area contributed by atoms with Gasteiger partial charge < -0.3 is 5.32 Å². The normalized spacial score (nSPS) is 11.2. The summed E-state index contributed by atoms with van der Waals surface area (Å²) in [5.74, 6) is -0.455. The van der Waals surface area contributed by atoms with E-state index in [1.807, 2.05) is 26.0 Å². The van der Waals surface area contributed by atoms with Crippen molar-refractivity contribution < 1.29 is 9.18 Å². The third-order valence-corrected chi connectivity index (χ3v) is 3.57. The number of hydrogen-bond donors (Lipinski definition) is 1. The van der Waals surface area contributed by atoms with Gasteiger partial charge in [-0.25, -0.2) is 4.39 Å². The Morgan fingerprint density at radius 1 is 1.15 bits per heavy atom. The number of benzene rings is 2.